The van der Waals surface area contributed by atoms with E-state index in [1.165, 1.54) is 0 Å². The smallest absolute Gasteiger partial charge is 0.258 e. The number of hydrogen-bond acceptors (Lipinski definition) is 5. The third kappa shape index (κ3) is 4.86. The maximum Gasteiger partial charge on any atom is 0.258 e. The number of aryl methyl sites for hydroxylation is 1. The second-order valence-electron chi connectivity index (χ2n) is 5.77. The lowest BCUT2D eigenvalue weighted by atomic mass is 10.2. The lowest BCUT2D eigenvalue weighted by Gasteiger charge is -2.12. The minimum atomic E-state index is -0.222. The van der Waals surface area contributed by atoms with E-state index in [9.17, 15) is 4.79 Å². The lowest BCUT2D eigenvalue weighted by molar-refractivity contribution is -0.123. The van der Waals surface area contributed by atoms with Crippen LogP contribution < -0.4 is 14.8 Å². The minimum Gasteiger partial charge on any atom is -0.484 e. The third-order valence-electron chi connectivity index (χ3n) is 3.62. The average Bonchev–Trinajstić information content (AvgIpc) is 3.09. The number of furan rings is 1. The Morgan fingerprint density at radius 1 is 1.12 bits per heavy atom. The summed E-state index contributed by atoms with van der Waals surface area (Å²) in [5.41, 5.74) is 0. The first kappa shape index (κ1) is 17.5. The molecule has 2 heterocycles. The Hall–Kier alpha value is -3.28. The van der Waals surface area contributed by atoms with Crippen molar-refractivity contribution in [2.45, 2.75) is 19.9 Å². The summed E-state index contributed by atoms with van der Waals surface area (Å²) in [6, 6.07) is 15.9. The van der Waals surface area contributed by atoms with Crippen molar-refractivity contribution in [3.63, 3.8) is 0 Å². The molecule has 0 aliphatic carbocycles. The van der Waals surface area contributed by atoms with Crippen molar-refractivity contribution in [2.24, 2.45) is 0 Å². The van der Waals surface area contributed by atoms with E-state index in [2.05, 4.69) is 10.3 Å². The number of pyridine rings is 1. The summed E-state index contributed by atoms with van der Waals surface area (Å²) < 4.78 is 16.6. The molecule has 1 aromatic carbocycles. The van der Waals surface area contributed by atoms with E-state index in [4.69, 9.17) is 13.9 Å². The third-order valence-corrected chi connectivity index (χ3v) is 3.62. The summed E-state index contributed by atoms with van der Waals surface area (Å²) in [4.78, 5) is 16.1. The molecule has 0 aliphatic heterocycles. The van der Waals surface area contributed by atoms with E-state index < -0.39 is 0 Å². The first-order valence-corrected chi connectivity index (χ1v) is 8.27. The molecule has 0 bridgehead atoms. The molecule has 6 heteroatoms. The Balaban J connectivity index is 1.47. The first-order valence-electron chi connectivity index (χ1n) is 8.27. The van der Waals surface area contributed by atoms with Gasteiger partial charge in [0, 0.05) is 12.3 Å². The molecule has 1 amide bonds. The van der Waals surface area contributed by atoms with Crippen LogP contribution in [-0.2, 0) is 4.79 Å². The largest absolute Gasteiger partial charge is 0.484 e. The predicted octanol–water partition coefficient (Wildman–Crippen LogP) is 4.03. The van der Waals surface area contributed by atoms with Gasteiger partial charge in [0.25, 0.3) is 5.91 Å². The molecular formula is C20H20N2O4. The second-order valence-corrected chi connectivity index (χ2v) is 5.77. The zero-order valence-electron chi connectivity index (χ0n) is 14.6. The molecule has 26 heavy (non-hydrogen) atoms. The fourth-order valence-electron chi connectivity index (χ4n) is 2.32. The average molecular weight is 352 g/mol. The van der Waals surface area contributed by atoms with Gasteiger partial charge in [0.1, 0.15) is 23.0 Å². The van der Waals surface area contributed by atoms with Gasteiger partial charge in [-0.3, -0.25) is 4.79 Å². The van der Waals surface area contributed by atoms with Gasteiger partial charge >= 0.3 is 0 Å². The molecular weight excluding hydrogens is 332 g/mol. The van der Waals surface area contributed by atoms with Gasteiger partial charge in [-0.1, -0.05) is 6.07 Å². The van der Waals surface area contributed by atoms with E-state index >= 15 is 0 Å². The number of hydrogen-bond donors (Lipinski definition) is 1. The number of carbonyl (C=O) groups is 1. The van der Waals surface area contributed by atoms with Gasteiger partial charge in [-0.15, -0.1) is 0 Å². The monoisotopic (exact) mass is 352 g/mol. The van der Waals surface area contributed by atoms with Gasteiger partial charge in [0.05, 0.1) is 6.04 Å². The minimum absolute atomic E-state index is 0.0789. The number of nitrogens with one attached hydrogen (secondary N) is 1. The Labute approximate surface area is 151 Å². The lowest BCUT2D eigenvalue weighted by Crippen LogP contribution is -2.31. The molecule has 0 radical (unpaired) electrons. The van der Waals surface area contributed by atoms with Crippen LogP contribution >= 0.6 is 0 Å². The molecule has 6 nitrogen and oxygen atoms in total. The van der Waals surface area contributed by atoms with Gasteiger partial charge in [0.2, 0.25) is 5.88 Å². The van der Waals surface area contributed by atoms with Gasteiger partial charge in [-0.2, -0.15) is 0 Å². The molecule has 2 aromatic heterocycles. The fraction of sp³-hybridized carbons (Fsp3) is 0.200. The Kier molecular flexibility index (Phi) is 5.53. The number of amides is 1. The van der Waals surface area contributed by atoms with Crippen LogP contribution in [0.15, 0.2) is 65.2 Å². The van der Waals surface area contributed by atoms with Gasteiger partial charge in [-0.25, -0.2) is 4.98 Å². The van der Waals surface area contributed by atoms with E-state index in [1.54, 1.807) is 36.5 Å². The molecule has 1 N–H and O–H groups in total. The highest BCUT2D eigenvalue weighted by Crippen LogP contribution is 2.22. The molecule has 3 rings (SSSR count). The standard InChI is InChI=1S/C20H20N2O4/c1-14-6-11-18(25-14)15(2)22-19(23)13-24-16-7-9-17(10-8-16)26-20-5-3-4-12-21-20/h3-12,15H,13H2,1-2H3,(H,22,23). The topological polar surface area (TPSA) is 73.6 Å². The molecule has 0 aliphatic rings. The van der Waals surface area contributed by atoms with Gasteiger partial charge in [0.15, 0.2) is 6.61 Å². The summed E-state index contributed by atoms with van der Waals surface area (Å²) in [6.45, 7) is 3.65. The predicted molar refractivity (Wildman–Crippen MR) is 96.3 cm³/mol. The molecule has 0 fully saturated rings. The quantitative estimate of drug-likeness (QED) is 0.695. The summed E-state index contributed by atoms with van der Waals surface area (Å²) in [5, 5.41) is 2.83. The maximum absolute atomic E-state index is 12.0. The maximum atomic E-state index is 12.0. The summed E-state index contributed by atoms with van der Waals surface area (Å²) in [6.07, 6.45) is 1.66. The van der Waals surface area contributed by atoms with Crippen molar-refractivity contribution in [1.82, 2.24) is 10.3 Å². The number of ether oxygens (including phenoxy) is 2. The van der Waals surface area contributed by atoms with E-state index in [1.807, 2.05) is 38.1 Å². The number of benzene rings is 1. The number of nitrogens with zero attached hydrogens (tertiary/aromatic N) is 1. The number of aromatic nitrogens is 1. The molecule has 1 unspecified atom stereocenters. The fourth-order valence-corrected chi connectivity index (χ4v) is 2.32. The zero-order valence-corrected chi connectivity index (χ0v) is 14.6. The molecule has 1 atom stereocenters. The van der Waals surface area contributed by atoms with Crippen molar-refractivity contribution in [1.29, 1.82) is 0 Å². The van der Waals surface area contributed by atoms with Crippen molar-refractivity contribution in [3.05, 3.63) is 72.3 Å². The summed E-state index contributed by atoms with van der Waals surface area (Å²) >= 11 is 0. The Bertz CT molecular complexity index is 844. The number of rotatable bonds is 7. The van der Waals surface area contributed by atoms with E-state index in [0.717, 1.165) is 5.76 Å². The normalized spacial score (nSPS) is 11.6. The second kappa shape index (κ2) is 8.20. The van der Waals surface area contributed by atoms with Crippen LogP contribution in [0.4, 0.5) is 0 Å². The zero-order chi connectivity index (χ0) is 18.4. The summed E-state index contributed by atoms with van der Waals surface area (Å²) in [5.74, 6) is 3.04. The van der Waals surface area contributed by atoms with Gasteiger partial charge < -0.3 is 19.2 Å². The van der Waals surface area contributed by atoms with Crippen LogP contribution in [-0.4, -0.2) is 17.5 Å². The molecule has 134 valence electrons. The van der Waals surface area contributed by atoms with Crippen molar-refractivity contribution in [3.8, 4) is 17.4 Å². The first-order chi connectivity index (χ1) is 12.6. The van der Waals surface area contributed by atoms with Crippen molar-refractivity contribution >= 4 is 5.91 Å². The van der Waals surface area contributed by atoms with Crippen LogP contribution in [0, 0.1) is 6.92 Å². The van der Waals surface area contributed by atoms with Crippen molar-refractivity contribution in [2.75, 3.05) is 6.61 Å². The van der Waals surface area contributed by atoms with Crippen LogP contribution in [0.3, 0.4) is 0 Å². The Morgan fingerprint density at radius 3 is 2.54 bits per heavy atom. The molecule has 0 saturated heterocycles. The Morgan fingerprint density at radius 2 is 1.88 bits per heavy atom. The van der Waals surface area contributed by atoms with E-state index in [0.29, 0.717) is 23.1 Å². The molecule has 3 aromatic rings. The highest BCUT2D eigenvalue weighted by Gasteiger charge is 2.13. The van der Waals surface area contributed by atoms with Crippen LogP contribution in [0.1, 0.15) is 24.5 Å². The molecule has 0 spiro atoms. The summed E-state index contributed by atoms with van der Waals surface area (Å²) in [7, 11) is 0. The van der Waals surface area contributed by atoms with Crippen LogP contribution in [0.5, 0.6) is 17.4 Å². The van der Waals surface area contributed by atoms with Crippen molar-refractivity contribution < 1.29 is 18.7 Å². The number of carbonyl (C=O) groups excluding carboxylic acids is 1. The van der Waals surface area contributed by atoms with Crippen LogP contribution in [0.2, 0.25) is 0 Å². The SMILES string of the molecule is Cc1ccc(C(C)NC(=O)COc2ccc(Oc3ccccn3)cc2)o1. The highest BCUT2D eigenvalue weighted by atomic mass is 16.5. The molecule has 0 saturated carbocycles. The van der Waals surface area contributed by atoms with Crippen LogP contribution in [0.25, 0.3) is 0 Å². The highest BCUT2D eigenvalue weighted by molar-refractivity contribution is 5.77. The van der Waals surface area contributed by atoms with Gasteiger partial charge in [-0.05, 0) is 56.3 Å². The van der Waals surface area contributed by atoms with E-state index in [-0.39, 0.29) is 18.6 Å².